The van der Waals surface area contributed by atoms with Crippen molar-refractivity contribution in [2.45, 2.75) is 0 Å². The molecule has 0 radical (unpaired) electrons. The van der Waals surface area contributed by atoms with Crippen LogP contribution in [0.3, 0.4) is 0 Å². The summed E-state index contributed by atoms with van der Waals surface area (Å²) in [5.41, 5.74) is 1.86. The Hall–Kier alpha value is -2.10. The molecule has 0 spiro atoms. The molecule has 68 valence electrons. The highest BCUT2D eigenvalue weighted by molar-refractivity contribution is 5.55. The molecule has 3 aromatic rings. The van der Waals surface area contributed by atoms with E-state index < -0.39 is 0 Å². The zero-order valence-corrected chi connectivity index (χ0v) is 7.29. The molecule has 0 unspecified atom stereocenters. The Kier molecular flexibility index (Phi) is 1.41. The lowest BCUT2D eigenvalue weighted by atomic mass is 10.3. The van der Waals surface area contributed by atoms with Crippen LogP contribution in [0.4, 0.5) is 0 Å². The van der Waals surface area contributed by atoms with Gasteiger partial charge in [-0.15, -0.1) is 0 Å². The van der Waals surface area contributed by atoms with Crippen molar-refractivity contribution >= 4 is 5.65 Å². The summed E-state index contributed by atoms with van der Waals surface area (Å²) in [4.78, 5) is 8.23. The smallest absolute Gasteiger partial charge is 0.227 e. The number of nitrogens with zero attached hydrogens (tertiary/aromatic N) is 3. The molecule has 3 aromatic heterocycles. The van der Waals surface area contributed by atoms with E-state index >= 15 is 0 Å². The number of imidazole rings is 1. The van der Waals surface area contributed by atoms with Gasteiger partial charge in [-0.2, -0.15) is 0 Å². The maximum Gasteiger partial charge on any atom is 0.227 e. The Morgan fingerprint density at radius 2 is 2.14 bits per heavy atom. The molecular formula is C10H7N3O. The topological polar surface area (TPSA) is 43.3 Å². The molecule has 14 heavy (non-hydrogen) atoms. The molecule has 4 heteroatoms. The predicted octanol–water partition coefficient (Wildman–Crippen LogP) is 1.99. The summed E-state index contributed by atoms with van der Waals surface area (Å²) in [5, 5.41) is 0. The van der Waals surface area contributed by atoms with Crippen LogP contribution in [-0.2, 0) is 0 Å². The number of oxazole rings is 1. The van der Waals surface area contributed by atoms with Crippen molar-refractivity contribution in [2.24, 2.45) is 0 Å². The van der Waals surface area contributed by atoms with Crippen LogP contribution in [0.2, 0.25) is 0 Å². The van der Waals surface area contributed by atoms with Crippen LogP contribution in [0.1, 0.15) is 0 Å². The second-order valence-electron chi connectivity index (χ2n) is 2.95. The van der Waals surface area contributed by atoms with Gasteiger partial charge in [-0.05, 0) is 12.1 Å². The van der Waals surface area contributed by atoms with Crippen LogP contribution in [0.5, 0.6) is 0 Å². The van der Waals surface area contributed by atoms with Gasteiger partial charge in [0.05, 0.1) is 11.8 Å². The Morgan fingerprint density at radius 3 is 3.00 bits per heavy atom. The number of aromatic nitrogens is 3. The van der Waals surface area contributed by atoms with Crippen LogP contribution in [0.15, 0.2) is 47.6 Å². The molecule has 0 N–H and O–H groups in total. The summed E-state index contributed by atoms with van der Waals surface area (Å²) in [7, 11) is 0. The normalized spacial score (nSPS) is 10.9. The lowest BCUT2D eigenvalue weighted by Crippen LogP contribution is -1.85. The Morgan fingerprint density at radius 1 is 1.14 bits per heavy atom. The lowest BCUT2D eigenvalue weighted by molar-refractivity contribution is 0.574. The molecule has 3 heterocycles. The highest BCUT2D eigenvalue weighted by atomic mass is 16.3. The van der Waals surface area contributed by atoms with Crippen LogP contribution in [0.25, 0.3) is 17.1 Å². The van der Waals surface area contributed by atoms with Gasteiger partial charge < -0.3 is 8.82 Å². The molecule has 0 aliphatic rings. The zero-order chi connectivity index (χ0) is 9.38. The molecule has 0 saturated heterocycles. The van der Waals surface area contributed by atoms with E-state index in [1.54, 1.807) is 18.7 Å². The van der Waals surface area contributed by atoms with Crippen molar-refractivity contribution in [2.75, 3.05) is 0 Å². The first-order valence-electron chi connectivity index (χ1n) is 4.26. The zero-order valence-electron chi connectivity index (χ0n) is 7.29. The minimum Gasteiger partial charge on any atom is -0.444 e. The van der Waals surface area contributed by atoms with Crippen LogP contribution < -0.4 is 0 Å². The predicted molar refractivity (Wildman–Crippen MR) is 50.7 cm³/mol. The van der Waals surface area contributed by atoms with E-state index in [0.717, 1.165) is 11.2 Å². The highest BCUT2D eigenvalue weighted by Gasteiger charge is 2.02. The van der Waals surface area contributed by atoms with E-state index in [-0.39, 0.29) is 0 Å². The number of fused-ring (bicyclic) bond motifs is 1. The van der Waals surface area contributed by atoms with Crippen molar-refractivity contribution in [1.82, 2.24) is 14.4 Å². The maximum absolute atomic E-state index is 5.20. The van der Waals surface area contributed by atoms with Crippen molar-refractivity contribution < 1.29 is 4.42 Å². The monoisotopic (exact) mass is 185 g/mol. The van der Waals surface area contributed by atoms with Gasteiger partial charge >= 0.3 is 0 Å². The second-order valence-corrected chi connectivity index (χ2v) is 2.95. The number of hydrogen-bond donors (Lipinski definition) is 0. The van der Waals surface area contributed by atoms with E-state index in [4.69, 9.17) is 4.42 Å². The molecule has 0 amide bonds. The van der Waals surface area contributed by atoms with Gasteiger partial charge in [0.2, 0.25) is 5.89 Å². The van der Waals surface area contributed by atoms with E-state index in [1.165, 1.54) is 0 Å². The quantitative estimate of drug-likeness (QED) is 0.582. The standard InChI is InChI=1S/C10H7N3O/c1-2-9-11-3-5-13(9)7-8(1)10-12-4-6-14-10/h1-7H. The molecule has 0 aromatic carbocycles. The average molecular weight is 185 g/mol. The van der Waals surface area contributed by atoms with Gasteiger partial charge in [0.15, 0.2) is 0 Å². The summed E-state index contributed by atoms with van der Waals surface area (Å²) in [5.74, 6) is 0.626. The number of pyridine rings is 1. The van der Waals surface area contributed by atoms with Gasteiger partial charge in [0.1, 0.15) is 11.9 Å². The highest BCUT2D eigenvalue weighted by Crippen LogP contribution is 2.17. The first-order chi connectivity index (χ1) is 6.93. The fourth-order valence-electron chi connectivity index (χ4n) is 1.41. The summed E-state index contributed by atoms with van der Waals surface area (Å²) < 4.78 is 7.13. The second kappa shape index (κ2) is 2.70. The molecule has 0 atom stereocenters. The third-order valence-corrected chi connectivity index (χ3v) is 2.07. The summed E-state index contributed by atoms with van der Waals surface area (Å²) in [6.45, 7) is 0. The van der Waals surface area contributed by atoms with Crippen LogP contribution in [-0.4, -0.2) is 14.4 Å². The summed E-state index contributed by atoms with van der Waals surface area (Å²) in [6.07, 6.45) is 8.78. The Balaban J connectivity index is 2.23. The molecule has 0 fully saturated rings. The molecule has 0 bridgehead atoms. The minimum atomic E-state index is 0.626. The fourth-order valence-corrected chi connectivity index (χ4v) is 1.41. The summed E-state index contributed by atoms with van der Waals surface area (Å²) in [6, 6.07) is 3.87. The van der Waals surface area contributed by atoms with Gasteiger partial charge in [-0.3, -0.25) is 0 Å². The lowest BCUT2D eigenvalue weighted by Gasteiger charge is -1.96. The maximum atomic E-state index is 5.20. The Labute approximate surface area is 79.8 Å². The van der Waals surface area contributed by atoms with Crippen molar-refractivity contribution in [3.05, 3.63) is 43.2 Å². The SMILES string of the molecule is c1coc(-c2ccc3nccn3c2)n1. The van der Waals surface area contributed by atoms with Gasteiger partial charge in [0, 0.05) is 18.6 Å². The molecule has 4 nitrogen and oxygen atoms in total. The molecule has 3 rings (SSSR count). The van der Waals surface area contributed by atoms with Crippen LogP contribution >= 0.6 is 0 Å². The molecular weight excluding hydrogens is 178 g/mol. The molecule has 0 aliphatic heterocycles. The first-order valence-corrected chi connectivity index (χ1v) is 4.26. The summed E-state index contributed by atoms with van der Waals surface area (Å²) >= 11 is 0. The minimum absolute atomic E-state index is 0.626. The van der Waals surface area contributed by atoms with E-state index in [1.807, 2.05) is 28.9 Å². The average Bonchev–Trinajstić information content (AvgIpc) is 2.88. The van der Waals surface area contributed by atoms with E-state index in [2.05, 4.69) is 9.97 Å². The van der Waals surface area contributed by atoms with Gasteiger partial charge in [0.25, 0.3) is 0 Å². The third-order valence-electron chi connectivity index (χ3n) is 2.07. The Bertz CT molecular complexity index is 554. The van der Waals surface area contributed by atoms with Crippen molar-refractivity contribution in [3.63, 3.8) is 0 Å². The van der Waals surface area contributed by atoms with Crippen molar-refractivity contribution in [1.29, 1.82) is 0 Å². The van der Waals surface area contributed by atoms with E-state index in [0.29, 0.717) is 5.89 Å². The van der Waals surface area contributed by atoms with Crippen LogP contribution in [0, 0.1) is 0 Å². The van der Waals surface area contributed by atoms with Gasteiger partial charge in [-0.25, -0.2) is 9.97 Å². The number of hydrogen-bond acceptors (Lipinski definition) is 3. The molecule has 0 saturated carbocycles. The fraction of sp³-hybridized carbons (Fsp3) is 0. The van der Waals surface area contributed by atoms with Crippen molar-refractivity contribution in [3.8, 4) is 11.5 Å². The van der Waals surface area contributed by atoms with Gasteiger partial charge in [-0.1, -0.05) is 0 Å². The van der Waals surface area contributed by atoms with E-state index in [9.17, 15) is 0 Å². The molecule has 0 aliphatic carbocycles. The first kappa shape index (κ1) is 7.32. The number of rotatable bonds is 1. The largest absolute Gasteiger partial charge is 0.444 e. The third kappa shape index (κ3) is 1.01.